The van der Waals surface area contributed by atoms with Gasteiger partial charge in [0, 0.05) is 19.0 Å². The summed E-state index contributed by atoms with van der Waals surface area (Å²) in [5.74, 6) is -0.906. The van der Waals surface area contributed by atoms with Crippen molar-refractivity contribution in [1.29, 1.82) is 0 Å². The first-order chi connectivity index (χ1) is 9.66. The molecular formula is C12H16N4O4. The molecule has 0 aromatic carbocycles. The van der Waals surface area contributed by atoms with E-state index in [2.05, 4.69) is 15.3 Å². The van der Waals surface area contributed by atoms with Crippen LogP contribution in [0.15, 0.2) is 18.6 Å². The molecule has 1 aliphatic rings. The fourth-order valence-corrected chi connectivity index (χ4v) is 1.90. The summed E-state index contributed by atoms with van der Waals surface area (Å²) in [6, 6.07) is -0.349. The number of hydrogen-bond acceptors (Lipinski definition) is 6. The van der Waals surface area contributed by atoms with Crippen molar-refractivity contribution in [2.24, 2.45) is 5.73 Å². The molecule has 8 nitrogen and oxygen atoms in total. The molecule has 0 aliphatic carbocycles. The number of amides is 2. The van der Waals surface area contributed by atoms with E-state index in [1.807, 2.05) is 0 Å². The van der Waals surface area contributed by atoms with Gasteiger partial charge in [-0.2, -0.15) is 0 Å². The molecule has 2 amide bonds. The van der Waals surface area contributed by atoms with Gasteiger partial charge in [-0.15, -0.1) is 0 Å². The van der Waals surface area contributed by atoms with Crippen molar-refractivity contribution >= 4 is 11.8 Å². The van der Waals surface area contributed by atoms with Gasteiger partial charge >= 0.3 is 0 Å². The van der Waals surface area contributed by atoms with Crippen LogP contribution in [0, 0.1) is 0 Å². The number of rotatable bonds is 5. The molecule has 0 radical (unpaired) electrons. The zero-order valence-electron chi connectivity index (χ0n) is 10.8. The quantitative estimate of drug-likeness (QED) is 0.704. The predicted octanol–water partition coefficient (Wildman–Crippen LogP) is -1.13. The lowest BCUT2D eigenvalue weighted by Gasteiger charge is -2.31. The van der Waals surface area contributed by atoms with E-state index < -0.39 is 5.91 Å². The number of ether oxygens (including phenoxy) is 2. The number of carbonyl (C=O) groups is 2. The van der Waals surface area contributed by atoms with Gasteiger partial charge in [-0.05, 0) is 6.42 Å². The van der Waals surface area contributed by atoms with E-state index in [0.717, 1.165) is 0 Å². The van der Waals surface area contributed by atoms with Crippen LogP contribution >= 0.6 is 0 Å². The molecule has 0 bridgehead atoms. The van der Waals surface area contributed by atoms with Crippen molar-refractivity contribution < 1.29 is 19.1 Å². The van der Waals surface area contributed by atoms with Crippen LogP contribution in [0.2, 0.25) is 0 Å². The maximum Gasteiger partial charge on any atom is 0.271 e. The average molecular weight is 280 g/mol. The Kier molecular flexibility index (Phi) is 4.97. The lowest BCUT2D eigenvalue weighted by atomic mass is 10.1. The van der Waals surface area contributed by atoms with Crippen molar-refractivity contribution in [3.8, 4) is 0 Å². The Labute approximate surface area is 115 Å². The van der Waals surface area contributed by atoms with E-state index >= 15 is 0 Å². The third-order valence-corrected chi connectivity index (χ3v) is 2.84. The molecule has 1 aromatic rings. The van der Waals surface area contributed by atoms with Gasteiger partial charge in [0.05, 0.1) is 24.9 Å². The predicted molar refractivity (Wildman–Crippen MR) is 67.7 cm³/mol. The number of carbonyl (C=O) groups excluding carboxylic acids is 2. The Hall–Kier alpha value is -2.06. The Bertz CT molecular complexity index is 468. The lowest BCUT2D eigenvalue weighted by molar-refractivity contribution is -0.128. The molecule has 2 heterocycles. The van der Waals surface area contributed by atoms with Crippen molar-refractivity contribution in [2.75, 3.05) is 19.8 Å². The summed E-state index contributed by atoms with van der Waals surface area (Å²) < 4.78 is 10.7. The Balaban J connectivity index is 1.94. The minimum absolute atomic E-state index is 0.178. The van der Waals surface area contributed by atoms with E-state index in [1.54, 1.807) is 0 Å². The zero-order valence-corrected chi connectivity index (χ0v) is 10.8. The van der Waals surface area contributed by atoms with Gasteiger partial charge in [-0.25, -0.2) is 4.98 Å². The Morgan fingerprint density at radius 3 is 3.05 bits per heavy atom. The fraction of sp³-hybridized carbons (Fsp3) is 0.500. The summed E-state index contributed by atoms with van der Waals surface area (Å²) in [7, 11) is 0. The standard InChI is InChI=1S/C12H16N4O4/c13-11(17)7-20-10-1-4-19-6-9(10)16-12(18)8-5-14-2-3-15-8/h2-3,5,9-10H,1,4,6-7H2,(H2,13,17)(H,16,18)/t9-,10+/m0/s1. The Morgan fingerprint density at radius 1 is 1.50 bits per heavy atom. The smallest absolute Gasteiger partial charge is 0.271 e. The van der Waals surface area contributed by atoms with E-state index in [9.17, 15) is 9.59 Å². The van der Waals surface area contributed by atoms with Crippen LogP contribution in [0.1, 0.15) is 16.9 Å². The highest BCUT2D eigenvalue weighted by Crippen LogP contribution is 2.12. The van der Waals surface area contributed by atoms with E-state index in [1.165, 1.54) is 18.6 Å². The molecule has 1 fully saturated rings. The molecule has 3 N–H and O–H groups in total. The topological polar surface area (TPSA) is 116 Å². The van der Waals surface area contributed by atoms with E-state index in [0.29, 0.717) is 19.6 Å². The lowest BCUT2D eigenvalue weighted by Crippen LogP contribution is -2.51. The van der Waals surface area contributed by atoms with Gasteiger partial charge in [-0.3, -0.25) is 14.6 Å². The molecule has 1 aromatic heterocycles. The number of aromatic nitrogens is 2. The first kappa shape index (κ1) is 14.4. The molecule has 20 heavy (non-hydrogen) atoms. The first-order valence-corrected chi connectivity index (χ1v) is 6.21. The van der Waals surface area contributed by atoms with Crippen LogP contribution in [0.5, 0.6) is 0 Å². The maximum absolute atomic E-state index is 12.0. The van der Waals surface area contributed by atoms with Gasteiger partial charge in [0.1, 0.15) is 12.3 Å². The minimum atomic E-state index is -0.546. The van der Waals surface area contributed by atoms with Crippen molar-refractivity contribution in [3.63, 3.8) is 0 Å². The van der Waals surface area contributed by atoms with Crippen LogP contribution < -0.4 is 11.1 Å². The molecule has 0 unspecified atom stereocenters. The molecule has 8 heteroatoms. The minimum Gasteiger partial charge on any atom is -0.379 e. The Morgan fingerprint density at radius 2 is 2.35 bits per heavy atom. The van der Waals surface area contributed by atoms with Gasteiger partial charge in [0.25, 0.3) is 5.91 Å². The van der Waals surface area contributed by atoms with Crippen LogP contribution in [0.3, 0.4) is 0 Å². The molecule has 1 aliphatic heterocycles. The highest BCUT2D eigenvalue weighted by Gasteiger charge is 2.28. The van der Waals surface area contributed by atoms with Crippen molar-refractivity contribution in [2.45, 2.75) is 18.6 Å². The second-order valence-electron chi connectivity index (χ2n) is 4.35. The fourth-order valence-electron chi connectivity index (χ4n) is 1.90. The average Bonchev–Trinajstić information content (AvgIpc) is 2.47. The summed E-state index contributed by atoms with van der Waals surface area (Å²) >= 11 is 0. The molecule has 0 saturated carbocycles. The van der Waals surface area contributed by atoms with Crippen LogP contribution in [0.25, 0.3) is 0 Å². The summed E-state index contributed by atoms with van der Waals surface area (Å²) in [4.78, 5) is 30.5. The highest BCUT2D eigenvalue weighted by atomic mass is 16.5. The number of nitrogens with two attached hydrogens (primary N) is 1. The summed E-state index contributed by atoms with van der Waals surface area (Å²) in [5, 5.41) is 2.77. The van der Waals surface area contributed by atoms with Crippen LogP contribution in [-0.4, -0.2) is 53.7 Å². The van der Waals surface area contributed by atoms with Gasteiger partial charge in [-0.1, -0.05) is 0 Å². The normalized spacial score (nSPS) is 22.2. The van der Waals surface area contributed by atoms with Crippen molar-refractivity contribution in [3.05, 3.63) is 24.3 Å². The number of nitrogens with zero attached hydrogens (tertiary/aromatic N) is 2. The second kappa shape index (κ2) is 6.92. The first-order valence-electron chi connectivity index (χ1n) is 6.21. The van der Waals surface area contributed by atoms with Crippen LogP contribution in [0.4, 0.5) is 0 Å². The largest absolute Gasteiger partial charge is 0.379 e. The summed E-state index contributed by atoms with van der Waals surface area (Å²) in [6.45, 7) is 0.651. The summed E-state index contributed by atoms with van der Waals surface area (Å²) in [6.07, 6.45) is 4.57. The van der Waals surface area contributed by atoms with Gasteiger partial charge in [0.15, 0.2) is 0 Å². The van der Waals surface area contributed by atoms with E-state index in [-0.39, 0.29) is 30.4 Å². The van der Waals surface area contributed by atoms with E-state index in [4.69, 9.17) is 15.2 Å². The second-order valence-corrected chi connectivity index (χ2v) is 4.35. The number of nitrogens with one attached hydrogen (secondary N) is 1. The number of hydrogen-bond donors (Lipinski definition) is 2. The van der Waals surface area contributed by atoms with Crippen LogP contribution in [-0.2, 0) is 14.3 Å². The summed E-state index contributed by atoms with van der Waals surface area (Å²) in [5.41, 5.74) is 5.26. The molecular weight excluding hydrogens is 264 g/mol. The SMILES string of the molecule is NC(=O)CO[C@@H]1CCOC[C@@H]1NC(=O)c1cnccn1. The van der Waals surface area contributed by atoms with Gasteiger partial charge in [0.2, 0.25) is 5.91 Å². The molecule has 108 valence electrons. The molecule has 1 saturated heterocycles. The molecule has 2 rings (SSSR count). The molecule has 0 spiro atoms. The zero-order chi connectivity index (χ0) is 14.4. The molecule has 2 atom stereocenters. The van der Waals surface area contributed by atoms with Crippen molar-refractivity contribution in [1.82, 2.24) is 15.3 Å². The third kappa shape index (κ3) is 3.97. The van der Waals surface area contributed by atoms with Gasteiger partial charge < -0.3 is 20.5 Å². The maximum atomic E-state index is 12.0. The monoisotopic (exact) mass is 280 g/mol. The third-order valence-electron chi connectivity index (χ3n) is 2.84. The highest BCUT2D eigenvalue weighted by molar-refractivity contribution is 5.92. The number of primary amides is 1.